The van der Waals surface area contributed by atoms with Crippen LogP contribution in [0.3, 0.4) is 0 Å². The summed E-state index contributed by atoms with van der Waals surface area (Å²) in [6, 6.07) is 15.4. The number of hydrogen-bond donors (Lipinski definition) is 1. The Kier molecular flexibility index (Phi) is 3.61. The monoisotopic (exact) mass is 255 g/mol. The highest BCUT2D eigenvalue weighted by atomic mass is 16.4. The highest BCUT2D eigenvalue weighted by Gasteiger charge is 2.14. The van der Waals surface area contributed by atoms with E-state index in [0.717, 1.165) is 5.69 Å². The number of nitrogens with zero attached hydrogens (tertiary/aromatic N) is 1. The molecule has 1 amide bonds. The van der Waals surface area contributed by atoms with Gasteiger partial charge in [0.05, 0.1) is 5.56 Å². The van der Waals surface area contributed by atoms with Crippen molar-refractivity contribution in [3.8, 4) is 0 Å². The van der Waals surface area contributed by atoms with Crippen LogP contribution in [0.4, 0.5) is 11.4 Å². The predicted molar refractivity (Wildman–Crippen MR) is 72.7 cm³/mol. The molecule has 4 nitrogen and oxygen atoms in total. The van der Waals surface area contributed by atoms with Gasteiger partial charge in [0.2, 0.25) is 5.91 Å². The molecule has 0 aliphatic heterocycles. The van der Waals surface area contributed by atoms with Gasteiger partial charge in [-0.1, -0.05) is 18.2 Å². The molecule has 0 fully saturated rings. The lowest BCUT2D eigenvalue weighted by molar-refractivity contribution is -0.115. The van der Waals surface area contributed by atoms with Crippen molar-refractivity contribution in [1.82, 2.24) is 0 Å². The largest absolute Gasteiger partial charge is 0.478 e. The molecule has 0 aliphatic carbocycles. The maximum absolute atomic E-state index is 11.8. The fourth-order valence-corrected chi connectivity index (χ4v) is 1.84. The third-order valence-corrected chi connectivity index (χ3v) is 2.70. The number of rotatable bonds is 3. The summed E-state index contributed by atoms with van der Waals surface area (Å²) < 4.78 is 0. The van der Waals surface area contributed by atoms with Gasteiger partial charge in [-0.2, -0.15) is 0 Å². The van der Waals surface area contributed by atoms with Crippen LogP contribution in [0.1, 0.15) is 17.3 Å². The van der Waals surface area contributed by atoms with E-state index in [1.54, 1.807) is 12.1 Å². The van der Waals surface area contributed by atoms with Crippen LogP contribution in [0.5, 0.6) is 0 Å². The first-order valence-corrected chi connectivity index (χ1v) is 5.78. The maximum atomic E-state index is 11.8. The minimum Gasteiger partial charge on any atom is -0.478 e. The highest BCUT2D eigenvalue weighted by molar-refractivity contribution is 5.99. The molecule has 96 valence electrons. The van der Waals surface area contributed by atoms with E-state index in [4.69, 9.17) is 5.11 Å². The van der Waals surface area contributed by atoms with Crippen molar-refractivity contribution in [2.75, 3.05) is 4.90 Å². The summed E-state index contributed by atoms with van der Waals surface area (Å²) in [6.07, 6.45) is 0. The van der Waals surface area contributed by atoms with Gasteiger partial charge < -0.3 is 5.11 Å². The van der Waals surface area contributed by atoms with Crippen molar-refractivity contribution in [3.63, 3.8) is 0 Å². The Balaban J connectivity index is 2.40. The van der Waals surface area contributed by atoms with Crippen molar-refractivity contribution < 1.29 is 14.7 Å². The van der Waals surface area contributed by atoms with Crippen molar-refractivity contribution in [3.05, 3.63) is 60.2 Å². The smallest absolute Gasteiger partial charge is 0.335 e. The Morgan fingerprint density at radius 1 is 0.895 bits per heavy atom. The van der Waals surface area contributed by atoms with Gasteiger partial charge in [0.15, 0.2) is 0 Å². The number of hydrogen-bond acceptors (Lipinski definition) is 2. The zero-order chi connectivity index (χ0) is 13.8. The Bertz CT molecular complexity index is 591. The molecule has 4 heteroatoms. The van der Waals surface area contributed by atoms with Gasteiger partial charge >= 0.3 is 5.97 Å². The van der Waals surface area contributed by atoms with Crippen molar-refractivity contribution in [2.45, 2.75) is 6.92 Å². The van der Waals surface area contributed by atoms with Gasteiger partial charge in [-0.05, 0) is 36.4 Å². The minimum atomic E-state index is -0.986. The van der Waals surface area contributed by atoms with E-state index in [1.165, 1.54) is 24.0 Å². The average Bonchev–Trinajstić information content (AvgIpc) is 2.40. The Labute approximate surface area is 110 Å². The number of carboxylic acid groups (broad SMARTS) is 1. The van der Waals surface area contributed by atoms with Crippen LogP contribution in [0.25, 0.3) is 0 Å². The van der Waals surface area contributed by atoms with Crippen molar-refractivity contribution in [1.29, 1.82) is 0 Å². The molecule has 2 aromatic carbocycles. The molecule has 0 spiro atoms. The normalized spacial score (nSPS) is 9.95. The number of carbonyl (C=O) groups is 2. The van der Waals surface area contributed by atoms with Gasteiger partial charge in [-0.3, -0.25) is 9.69 Å². The lowest BCUT2D eigenvalue weighted by Gasteiger charge is -2.21. The van der Waals surface area contributed by atoms with Crippen LogP contribution in [-0.2, 0) is 4.79 Å². The summed E-state index contributed by atoms with van der Waals surface area (Å²) in [5.74, 6) is -1.12. The molecule has 0 aliphatic rings. The number of carbonyl (C=O) groups excluding carboxylic acids is 1. The molecule has 0 heterocycles. The van der Waals surface area contributed by atoms with E-state index in [1.807, 2.05) is 30.3 Å². The van der Waals surface area contributed by atoms with E-state index in [9.17, 15) is 9.59 Å². The van der Waals surface area contributed by atoms with Crippen LogP contribution < -0.4 is 4.90 Å². The van der Waals surface area contributed by atoms with Crippen LogP contribution in [0.15, 0.2) is 54.6 Å². The number of para-hydroxylation sites is 1. The molecule has 2 aromatic rings. The minimum absolute atomic E-state index is 0.130. The Morgan fingerprint density at radius 3 is 1.89 bits per heavy atom. The molecule has 19 heavy (non-hydrogen) atoms. The second-order valence-electron chi connectivity index (χ2n) is 4.04. The molecular formula is C15H13NO3. The Hall–Kier alpha value is -2.62. The number of aromatic carboxylic acids is 1. The maximum Gasteiger partial charge on any atom is 0.335 e. The van der Waals surface area contributed by atoms with Crippen LogP contribution in [0.2, 0.25) is 0 Å². The molecule has 1 N–H and O–H groups in total. The van der Waals surface area contributed by atoms with Crippen LogP contribution in [-0.4, -0.2) is 17.0 Å². The second kappa shape index (κ2) is 5.35. The first-order valence-electron chi connectivity index (χ1n) is 5.78. The van der Waals surface area contributed by atoms with E-state index < -0.39 is 5.97 Å². The SMILES string of the molecule is CC(=O)N(c1ccccc1)c1ccc(C(=O)O)cc1. The molecule has 0 bridgehead atoms. The number of amides is 1. The summed E-state index contributed by atoms with van der Waals surface area (Å²) in [5.41, 5.74) is 1.59. The van der Waals surface area contributed by atoms with Gasteiger partial charge in [-0.15, -0.1) is 0 Å². The number of benzene rings is 2. The predicted octanol–water partition coefficient (Wildman–Crippen LogP) is 3.07. The van der Waals surface area contributed by atoms with E-state index in [0.29, 0.717) is 5.69 Å². The van der Waals surface area contributed by atoms with E-state index >= 15 is 0 Å². The molecule has 0 radical (unpaired) electrons. The molecule has 0 saturated heterocycles. The Morgan fingerprint density at radius 2 is 1.42 bits per heavy atom. The lowest BCUT2D eigenvalue weighted by atomic mass is 10.2. The van der Waals surface area contributed by atoms with Gasteiger partial charge in [0, 0.05) is 18.3 Å². The third kappa shape index (κ3) is 2.80. The zero-order valence-corrected chi connectivity index (χ0v) is 10.4. The first kappa shape index (κ1) is 12.8. The summed E-state index contributed by atoms with van der Waals surface area (Å²) >= 11 is 0. The third-order valence-electron chi connectivity index (χ3n) is 2.70. The summed E-state index contributed by atoms with van der Waals surface area (Å²) in [4.78, 5) is 24.1. The van der Waals surface area contributed by atoms with Gasteiger partial charge in [0.1, 0.15) is 0 Å². The molecule has 0 aromatic heterocycles. The highest BCUT2D eigenvalue weighted by Crippen LogP contribution is 2.25. The summed E-state index contributed by atoms with van der Waals surface area (Å²) in [6.45, 7) is 1.47. The van der Waals surface area contributed by atoms with Crippen molar-refractivity contribution in [2.24, 2.45) is 0 Å². The topological polar surface area (TPSA) is 57.6 Å². The van der Waals surface area contributed by atoms with E-state index in [2.05, 4.69) is 0 Å². The summed E-state index contributed by atoms with van der Waals surface area (Å²) in [7, 11) is 0. The van der Waals surface area contributed by atoms with Gasteiger partial charge in [-0.25, -0.2) is 4.79 Å². The van der Waals surface area contributed by atoms with Crippen LogP contribution in [0, 0.1) is 0 Å². The first-order chi connectivity index (χ1) is 9.09. The summed E-state index contributed by atoms with van der Waals surface area (Å²) in [5, 5.41) is 8.86. The fourth-order valence-electron chi connectivity index (χ4n) is 1.84. The van der Waals surface area contributed by atoms with E-state index in [-0.39, 0.29) is 11.5 Å². The molecule has 0 saturated carbocycles. The quantitative estimate of drug-likeness (QED) is 0.916. The van der Waals surface area contributed by atoms with Crippen molar-refractivity contribution >= 4 is 23.3 Å². The molecular weight excluding hydrogens is 242 g/mol. The number of anilines is 2. The molecule has 2 rings (SSSR count). The standard InChI is InChI=1S/C15H13NO3/c1-11(17)16(13-5-3-2-4-6-13)14-9-7-12(8-10-14)15(18)19/h2-10H,1H3,(H,18,19). The second-order valence-corrected chi connectivity index (χ2v) is 4.04. The molecule has 0 atom stereocenters. The molecule has 0 unspecified atom stereocenters. The number of carboxylic acids is 1. The van der Waals surface area contributed by atoms with Gasteiger partial charge in [0.25, 0.3) is 0 Å². The fraction of sp³-hybridized carbons (Fsp3) is 0.0667. The lowest BCUT2D eigenvalue weighted by Crippen LogP contribution is -2.22. The zero-order valence-electron chi connectivity index (χ0n) is 10.4. The van der Waals surface area contributed by atoms with Crippen LogP contribution >= 0.6 is 0 Å². The average molecular weight is 255 g/mol.